The minimum atomic E-state index is -0.154. The number of aromatic nitrogens is 2. The summed E-state index contributed by atoms with van der Waals surface area (Å²) in [5.74, 6) is 0.534. The summed E-state index contributed by atoms with van der Waals surface area (Å²) in [7, 11) is 1.72. The van der Waals surface area contributed by atoms with Crippen LogP contribution in [0.5, 0.6) is 0 Å². The molecule has 25 heavy (non-hydrogen) atoms. The molecule has 3 rings (SSSR count). The van der Waals surface area contributed by atoms with Crippen molar-refractivity contribution in [3.05, 3.63) is 62.5 Å². The molecule has 1 amide bonds. The van der Waals surface area contributed by atoms with E-state index in [-0.39, 0.29) is 11.5 Å². The standard InChI is InChI=1S/C18H18ClN3O2S/c1-22(11-15-20-14-9-10-25-17(14)18(24)21-15)16(23)4-2-3-12-5-7-13(19)8-6-12/h5-10H,2-4,11H2,1H3,(H,20,21,24). The zero-order valence-corrected chi connectivity index (χ0v) is 15.4. The van der Waals surface area contributed by atoms with Crippen LogP contribution in [0.3, 0.4) is 0 Å². The van der Waals surface area contributed by atoms with E-state index >= 15 is 0 Å². The number of H-pyrrole nitrogens is 1. The van der Waals surface area contributed by atoms with E-state index in [9.17, 15) is 9.59 Å². The van der Waals surface area contributed by atoms with Crippen molar-refractivity contribution in [2.45, 2.75) is 25.8 Å². The highest BCUT2D eigenvalue weighted by molar-refractivity contribution is 7.17. The number of thiophene rings is 1. The Balaban J connectivity index is 1.54. The summed E-state index contributed by atoms with van der Waals surface area (Å²) in [6.07, 6.45) is 2.04. The van der Waals surface area contributed by atoms with Crippen LogP contribution in [0.15, 0.2) is 40.5 Å². The number of aryl methyl sites for hydroxylation is 1. The lowest BCUT2D eigenvalue weighted by molar-refractivity contribution is -0.130. The van der Waals surface area contributed by atoms with Crippen molar-refractivity contribution in [3.8, 4) is 0 Å². The smallest absolute Gasteiger partial charge is 0.268 e. The third-order valence-electron chi connectivity index (χ3n) is 3.95. The number of halogens is 1. The fourth-order valence-corrected chi connectivity index (χ4v) is 3.45. The third-order valence-corrected chi connectivity index (χ3v) is 5.10. The van der Waals surface area contributed by atoms with Crippen molar-refractivity contribution in [3.63, 3.8) is 0 Å². The zero-order valence-electron chi connectivity index (χ0n) is 13.8. The van der Waals surface area contributed by atoms with E-state index < -0.39 is 0 Å². The van der Waals surface area contributed by atoms with Crippen molar-refractivity contribution >= 4 is 39.1 Å². The maximum atomic E-state index is 12.3. The number of nitrogens with zero attached hydrogens (tertiary/aromatic N) is 2. The van der Waals surface area contributed by atoms with Gasteiger partial charge in [-0.3, -0.25) is 9.59 Å². The molecule has 0 spiro atoms. The summed E-state index contributed by atoms with van der Waals surface area (Å²) in [6.45, 7) is 0.292. The lowest BCUT2D eigenvalue weighted by Crippen LogP contribution is -2.28. The van der Waals surface area contributed by atoms with Gasteiger partial charge in [0.25, 0.3) is 5.56 Å². The van der Waals surface area contributed by atoms with Gasteiger partial charge in [0, 0.05) is 18.5 Å². The molecule has 0 aliphatic heterocycles. The first-order chi connectivity index (χ1) is 12.0. The molecular formula is C18H18ClN3O2S. The SMILES string of the molecule is CN(Cc1nc2ccsc2c(=O)[nH]1)C(=O)CCCc1ccc(Cl)cc1. The van der Waals surface area contributed by atoms with Crippen molar-refractivity contribution in [2.24, 2.45) is 0 Å². The summed E-state index contributed by atoms with van der Waals surface area (Å²) < 4.78 is 0.612. The average molecular weight is 376 g/mol. The predicted molar refractivity (Wildman–Crippen MR) is 101 cm³/mol. The van der Waals surface area contributed by atoms with Crippen LogP contribution in [0, 0.1) is 0 Å². The number of fused-ring (bicyclic) bond motifs is 1. The molecule has 0 saturated carbocycles. The van der Waals surface area contributed by atoms with Gasteiger partial charge in [0.15, 0.2) is 0 Å². The quantitative estimate of drug-likeness (QED) is 0.715. The lowest BCUT2D eigenvalue weighted by Gasteiger charge is -2.16. The van der Waals surface area contributed by atoms with E-state index in [2.05, 4.69) is 9.97 Å². The van der Waals surface area contributed by atoms with Gasteiger partial charge in [-0.15, -0.1) is 11.3 Å². The summed E-state index contributed by atoms with van der Waals surface area (Å²) in [6, 6.07) is 9.47. The van der Waals surface area contributed by atoms with Gasteiger partial charge < -0.3 is 9.88 Å². The Morgan fingerprint density at radius 2 is 2.04 bits per heavy atom. The largest absolute Gasteiger partial charge is 0.338 e. The summed E-state index contributed by atoms with van der Waals surface area (Å²) in [5, 5.41) is 2.55. The molecule has 0 unspecified atom stereocenters. The maximum Gasteiger partial charge on any atom is 0.268 e. The van der Waals surface area contributed by atoms with Crippen LogP contribution >= 0.6 is 22.9 Å². The van der Waals surface area contributed by atoms with E-state index in [1.54, 1.807) is 11.9 Å². The first-order valence-electron chi connectivity index (χ1n) is 7.98. The van der Waals surface area contributed by atoms with Crippen molar-refractivity contribution in [2.75, 3.05) is 7.05 Å². The molecule has 0 bridgehead atoms. The monoisotopic (exact) mass is 375 g/mol. The Bertz CT molecular complexity index is 933. The molecule has 5 nitrogen and oxygen atoms in total. The Kier molecular flexibility index (Phi) is 5.50. The van der Waals surface area contributed by atoms with Gasteiger partial charge in [-0.05, 0) is 42.0 Å². The van der Waals surface area contributed by atoms with Gasteiger partial charge in [0.1, 0.15) is 10.5 Å². The van der Waals surface area contributed by atoms with E-state index in [0.29, 0.717) is 34.0 Å². The van der Waals surface area contributed by atoms with Crippen LogP contribution < -0.4 is 5.56 Å². The predicted octanol–water partition coefficient (Wildman–Crippen LogP) is 3.62. The number of aromatic amines is 1. The van der Waals surface area contributed by atoms with E-state index in [0.717, 1.165) is 18.4 Å². The fraction of sp³-hybridized carbons (Fsp3) is 0.278. The van der Waals surface area contributed by atoms with Gasteiger partial charge in [0.05, 0.1) is 12.1 Å². The van der Waals surface area contributed by atoms with E-state index in [1.807, 2.05) is 35.7 Å². The molecule has 2 aromatic heterocycles. The molecule has 3 aromatic rings. The number of carbonyl (C=O) groups excluding carboxylic acids is 1. The van der Waals surface area contributed by atoms with Gasteiger partial charge in [0.2, 0.25) is 5.91 Å². The summed E-state index contributed by atoms with van der Waals surface area (Å²) in [5.41, 5.74) is 1.68. The fourth-order valence-electron chi connectivity index (χ4n) is 2.60. The molecule has 0 fully saturated rings. The average Bonchev–Trinajstić information content (AvgIpc) is 3.05. The van der Waals surface area contributed by atoms with Crippen LogP contribution in [-0.4, -0.2) is 27.8 Å². The van der Waals surface area contributed by atoms with Crippen LogP contribution in [0.2, 0.25) is 5.02 Å². The van der Waals surface area contributed by atoms with Gasteiger partial charge in [-0.1, -0.05) is 23.7 Å². The molecule has 1 N–H and O–H groups in total. The number of benzene rings is 1. The molecule has 7 heteroatoms. The topological polar surface area (TPSA) is 66.1 Å². The van der Waals surface area contributed by atoms with Gasteiger partial charge >= 0.3 is 0 Å². The van der Waals surface area contributed by atoms with E-state index in [4.69, 9.17) is 11.6 Å². The van der Waals surface area contributed by atoms with Crippen LogP contribution in [-0.2, 0) is 17.8 Å². The minimum absolute atomic E-state index is 0.0297. The van der Waals surface area contributed by atoms with Crippen LogP contribution in [0.25, 0.3) is 10.2 Å². The normalized spacial score (nSPS) is 11.0. The highest BCUT2D eigenvalue weighted by Gasteiger charge is 2.12. The number of amides is 1. The van der Waals surface area contributed by atoms with Crippen molar-refractivity contribution in [1.29, 1.82) is 0 Å². The highest BCUT2D eigenvalue weighted by atomic mass is 35.5. The number of hydrogen-bond donors (Lipinski definition) is 1. The number of carbonyl (C=O) groups is 1. The molecule has 0 aliphatic carbocycles. The van der Waals surface area contributed by atoms with Crippen molar-refractivity contribution < 1.29 is 4.79 Å². The van der Waals surface area contributed by atoms with E-state index in [1.165, 1.54) is 11.3 Å². The Labute approximate surface area is 154 Å². The third kappa shape index (κ3) is 4.46. The number of hydrogen-bond acceptors (Lipinski definition) is 4. The van der Waals surface area contributed by atoms with Crippen LogP contribution in [0.4, 0.5) is 0 Å². The summed E-state index contributed by atoms with van der Waals surface area (Å²) in [4.78, 5) is 33.0. The Morgan fingerprint density at radius 3 is 2.80 bits per heavy atom. The number of rotatable bonds is 6. The second-order valence-electron chi connectivity index (χ2n) is 5.88. The molecule has 0 radical (unpaired) electrons. The molecule has 2 heterocycles. The van der Waals surface area contributed by atoms with Crippen LogP contribution in [0.1, 0.15) is 24.2 Å². The Hall–Kier alpha value is -2.18. The highest BCUT2D eigenvalue weighted by Crippen LogP contribution is 2.15. The first kappa shape index (κ1) is 17.6. The number of nitrogens with one attached hydrogen (secondary N) is 1. The Morgan fingerprint density at radius 1 is 1.28 bits per heavy atom. The molecule has 1 aromatic carbocycles. The minimum Gasteiger partial charge on any atom is -0.338 e. The molecule has 0 atom stereocenters. The zero-order chi connectivity index (χ0) is 17.8. The molecule has 0 aliphatic rings. The second-order valence-corrected chi connectivity index (χ2v) is 7.23. The van der Waals surface area contributed by atoms with Gasteiger partial charge in [-0.25, -0.2) is 4.98 Å². The molecular weight excluding hydrogens is 358 g/mol. The first-order valence-corrected chi connectivity index (χ1v) is 9.23. The van der Waals surface area contributed by atoms with Gasteiger partial charge in [-0.2, -0.15) is 0 Å². The summed E-state index contributed by atoms with van der Waals surface area (Å²) >= 11 is 7.23. The molecule has 130 valence electrons. The second kappa shape index (κ2) is 7.80. The maximum absolute atomic E-state index is 12.3. The van der Waals surface area contributed by atoms with Crippen molar-refractivity contribution in [1.82, 2.24) is 14.9 Å². The molecule has 0 saturated heterocycles. The lowest BCUT2D eigenvalue weighted by atomic mass is 10.1.